The minimum atomic E-state index is -1.56. The fourth-order valence-corrected chi connectivity index (χ4v) is 1.89. The highest BCUT2D eigenvalue weighted by Crippen LogP contribution is 1.95. The van der Waals surface area contributed by atoms with Gasteiger partial charge in [-0.05, 0) is 0 Å². The number of carboxylic acids is 1. The van der Waals surface area contributed by atoms with Crippen molar-refractivity contribution >= 4 is 17.7 Å². The lowest BCUT2D eigenvalue weighted by Crippen LogP contribution is -2.17. The second kappa shape index (κ2) is 23.0. The topological polar surface area (TPSA) is 162 Å². The summed E-state index contributed by atoms with van der Waals surface area (Å²) in [6.45, 7) is 5.76. The van der Waals surface area contributed by atoms with Crippen LogP contribution in [-0.2, 0) is 47.5 Å². The number of carbonyl (C=O) groups excluding carboxylic acids is 2. The van der Waals surface area contributed by atoms with E-state index in [0.717, 1.165) is 0 Å². The number of rotatable bonds is 24. The third-order valence-electron chi connectivity index (χ3n) is 3.41. The monoisotopic (exact) mass is 453 g/mol. The Morgan fingerprint density at radius 2 is 0.903 bits per heavy atom. The molecule has 182 valence electrons. The lowest BCUT2D eigenvalue weighted by molar-refractivity contribution is -0.151. The van der Waals surface area contributed by atoms with Crippen LogP contribution in [0.3, 0.4) is 0 Å². The van der Waals surface area contributed by atoms with Gasteiger partial charge in [-0.1, -0.05) is 0 Å². The molecule has 0 spiro atoms. The van der Waals surface area contributed by atoms with Gasteiger partial charge in [0.25, 0.3) is 0 Å². The summed E-state index contributed by atoms with van der Waals surface area (Å²) in [4.78, 5) is 32.4. The second-order valence-electron chi connectivity index (χ2n) is 5.91. The fraction of sp³-hybridized carbons (Fsp3) is 0.842. The summed E-state index contributed by atoms with van der Waals surface area (Å²) in [5.41, 5.74) is 5.29. The molecule has 0 fully saturated rings. The minimum Gasteiger partial charge on any atom is -0.476 e. The molecule has 0 aromatic rings. The van der Waals surface area contributed by atoms with Gasteiger partial charge in [0.05, 0.1) is 85.7 Å². The van der Waals surface area contributed by atoms with Gasteiger partial charge in [-0.3, -0.25) is 9.59 Å². The maximum atomic E-state index is 11.3. The fourth-order valence-electron chi connectivity index (χ4n) is 1.89. The van der Waals surface area contributed by atoms with Crippen LogP contribution in [-0.4, -0.2) is 115 Å². The Morgan fingerprint density at radius 1 is 0.548 bits per heavy atom. The summed E-state index contributed by atoms with van der Waals surface area (Å²) in [6.07, 6.45) is -0.643. The molecule has 3 N–H and O–H groups in total. The molecule has 31 heavy (non-hydrogen) atoms. The normalized spacial score (nSPS) is 10.9. The number of hydrogen-bond acceptors (Lipinski definition) is 11. The van der Waals surface area contributed by atoms with Crippen LogP contribution >= 0.6 is 0 Å². The molecular weight excluding hydrogens is 418 g/mol. The molecule has 0 aliphatic heterocycles. The van der Waals surface area contributed by atoms with Gasteiger partial charge in [0.15, 0.2) is 0 Å². The smallest absolute Gasteiger partial charge is 0.372 e. The molecular formula is C19H35NO11. The summed E-state index contributed by atoms with van der Waals surface area (Å²) in [5, 5.41) is 8.39. The first-order valence-electron chi connectivity index (χ1n) is 10.2. The van der Waals surface area contributed by atoms with E-state index in [-0.39, 0.29) is 26.1 Å². The van der Waals surface area contributed by atoms with Crippen LogP contribution in [0.4, 0.5) is 0 Å². The van der Waals surface area contributed by atoms with Gasteiger partial charge in [-0.2, -0.15) is 0 Å². The van der Waals surface area contributed by atoms with E-state index < -0.39 is 17.7 Å². The highest BCUT2D eigenvalue weighted by Gasteiger charge is 2.14. The summed E-state index contributed by atoms with van der Waals surface area (Å²) < 4.78 is 36.5. The van der Waals surface area contributed by atoms with E-state index in [1.54, 1.807) is 0 Å². The molecule has 0 amide bonds. The summed E-state index contributed by atoms with van der Waals surface area (Å²) in [6, 6.07) is 0. The van der Waals surface area contributed by atoms with E-state index in [2.05, 4.69) is 0 Å². The minimum absolute atomic E-state index is 0.0241. The van der Waals surface area contributed by atoms with Crippen LogP contribution in [0.15, 0.2) is 0 Å². The average molecular weight is 453 g/mol. The molecule has 0 aromatic heterocycles. The van der Waals surface area contributed by atoms with Gasteiger partial charge in [-0.25, -0.2) is 4.79 Å². The Bertz CT molecular complexity index is 462. The quantitative estimate of drug-likeness (QED) is 0.105. The lowest BCUT2D eigenvalue weighted by Gasteiger charge is -2.08. The first kappa shape index (κ1) is 29.3. The zero-order valence-electron chi connectivity index (χ0n) is 17.9. The Balaban J connectivity index is 3.16. The predicted molar refractivity (Wildman–Crippen MR) is 107 cm³/mol. The van der Waals surface area contributed by atoms with Crippen molar-refractivity contribution in [2.75, 3.05) is 92.4 Å². The van der Waals surface area contributed by atoms with Gasteiger partial charge in [0, 0.05) is 13.0 Å². The predicted octanol–water partition coefficient (Wildman–Crippen LogP) is -0.978. The van der Waals surface area contributed by atoms with Gasteiger partial charge in [-0.15, -0.1) is 0 Å². The number of carboxylic acid groups (broad SMARTS) is 1. The van der Waals surface area contributed by atoms with Crippen molar-refractivity contribution in [2.24, 2.45) is 5.73 Å². The van der Waals surface area contributed by atoms with Crippen molar-refractivity contribution in [1.29, 1.82) is 0 Å². The van der Waals surface area contributed by atoms with Crippen molar-refractivity contribution in [3.63, 3.8) is 0 Å². The van der Waals surface area contributed by atoms with Crippen molar-refractivity contribution in [2.45, 2.75) is 12.8 Å². The second-order valence-corrected chi connectivity index (χ2v) is 5.91. The number of esters is 1. The van der Waals surface area contributed by atoms with Gasteiger partial charge < -0.3 is 44.0 Å². The Hall–Kier alpha value is -1.67. The summed E-state index contributed by atoms with van der Waals surface area (Å²) in [5.74, 6) is -3.22. The van der Waals surface area contributed by atoms with Crippen LogP contribution in [0.2, 0.25) is 0 Å². The third-order valence-corrected chi connectivity index (χ3v) is 3.41. The molecule has 0 atom stereocenters. The van der Waals surface area contributed by atoms with Crippen molar-refractivity contribution < 1.29 is 52.6 Å². The number of ether oxygens (including phenoxy) is 7. The molecule has 0 saturated heterocycles. The van der Waals surface area contributed by atoms with Crippen LogP contribution < -0.4 is 5.73 Å². The molecule has 0 bridgehead atoms. The third kappa shape index (κ3) is 22.8. The number of ketones is 1. The van der Waals surface area contributed by atoms with Crippen molar-refractivity contribution in [1.82, 2.24) is 0 Å². The number of aliphatic carboxylic acids is 1. The largest absolute Gasteiger partial charge is 0.476 e. The number of Topliss-reactive ketones (excluding diaryl/α,β-unsaturated/α-hetero) is 1. The molecule has 0 heterocycles. The Morgan fingerprint density at radius 3 is 1.26 bits per heavy atom. The molecule has 0 aromatic carbocycles. The molecule has 0 saturated carbocycles. The van der Waals surface area contributed by atoms with Crippen molar-refractivity contribution in [3.8, 4) is 0 Å². The van der Waals surface area contributed by atoms with Gasteiger partial charge in [0.2, 0.25) is 5.78 Å². The van der Waals surface area contributed by atoms with E-state index in [4.69, 9.17) is 44.0 Å². The van der Waals surface area contributed by atoms with Crippen LogP contribution in [0.25, 0.3) is 0 Å². The maximum Gasteiger partial charge on any atom is 0.372 e. The van der Waals surface area contributed by atoms with Crippen LogP contribution in [0, 0.1) is 0 Å². The SMILES string of the molecule is NCCOCCOCCOCCOCCOCCOCCOC(=O)CCC(=O)C(=O)O. The maximum absolute atomic E-state index is 11.3. The first-order chi connectivity index (χ1) is 15.1. The zero-order chi connectivity index (χ0) is 23.0. The molecule has 0 aliphatic carbocycles. The number of carbonyl (C=O) groups is 3. The number of hydrogen-bond donors (Lipinski definition) is 2. The molecule has 0 aliphatic rings. The average Bonchev–Trinajstić information content (AvgIpc) is 2.76. The van der Waals surface area contributed by atoms with Crippen LogP contribution in [0.5, 0.6) is 0 Å². The Kier molecular flexibility index (Phi) is 21.8. The number of nitrogens with two attached hydrogens (primary N) is 1. The lowest BCUT2D eigenvalue weighted by atomic mass is 10.2. The molecule has 0 unspecified atom stereocenters. The highest BCUT2D eigenvalue weighted by molar-refractivity contribution is 6.32. The molecule has 0 radical (unpaired) electrons. The Labute approximate surface area is 182 Å². The molecule has 12 nitrogen and oxygen atoms in total. The van der Waals surface area contributed by atoms with E-state index >= 15 is 0 Å². The summed E-state index contributed by atoms with van der Waals surface area (Å²) >= 11 is 0. The van der Waals surface area contributed by atoms with Gasteiger partial charge in [0.1, 0.15) is 6.61 Å². The van der Waals surface area contributed by atoms with E-state index in [0.29, 0.717) is 79.2 Å². The van der Waals surface area contributed by atoms with Crippen LogP contribution in [0.1, 0.15) is 12.8 Å². The molecule has 12 heteroatoms. The van der Waals surface area contributed by atoms with Crippen molar-refractivity contribution in [3.05, 3.63) is 0 Å². The summed E-state index contributed by atoms with van der Waals surface area (Å²) in [7, 11) is 0. The van der Waals surface area contributed by atoms with Gasteiger partial charge >= 0.3 is 11.9 Å². The molecule has 0 rings (SSSR count). The highest BCUT2D eigenvalue weighted by atomic mass is 16.6. The first-order valence-corrected chi connectivity index (χ1v) is 10.2. The zero-order valence-corrected chi connectivity index (χ0v) is 17.9. The van der Waals surface area contributed by atoms with E-state index in [1.165, 1.54) is 0 Å². The standard InChI is InChI=1S/C19H35NO11/c20-3-4-25-5-6-26-7-8-27-9-10-28-11-12-29-13-14-30-15-16-31-18(22)2-1-17(21)19(23)24/h1-16,20H2,(H,23,24). The van der Waals surface area contributed by atoms with E-state index in [1.807, 2.05) is 0 Å². The van der Waals surface area contributed by atoms with E-state index in [9.17, 15) is 14.4 Å².